The van der Waals surface area contributed by atoms with Gasteiger partial charge in [-0.1, -0.05) is 26.7 Å². The quantitative estimate of drug-likeness (QED) is 0.622. The van der Waals surface area contributed by atoms with Crippen LogP contribution in [0.4, 0.5) is 13.2 Å². The van der Waals surface area contributed by atoms with Gasteiger partial charge in [-0.25, -0.2) is 0 Å². The lowest BCUT2D eigenvalue weighted by atomic mass is 9.87. The number of nitrogens with zero attached hydrogens (tertiary/aromatic N) is 2. The van der Waals surface area contributed by atoms with Gasteiger partial charge in [0.2, 0.25) is 0 Å². The van der Waals surface area contributed by atoms with E-state index in [-0.39, 0.29) is 6.54 Å². The summed E-state index contributed by atoms with van der Waals surface area (Å²) in [6, 6.07) is 0. The number of guanidine groups is 1. The number of halogens is 3. The second-order valence-corrected chi connectivity index (χ2v) is 5.41. The van der Waals surface area contributed by atoms with Gasteiger partial charge in [0.25, 0.3) is 0 Å². The Kier molecular flexibility index (Phi) is 6.62. The van der Waals surface area contributed by atoms with Gasteiger partial charge < -0.3 is 10.2 Å². The Morgan fingerprint density at radius 3 is 2.50 bits per heavy atom. The van der Waals surface area contributed by atoms with Crippen LogP contribution < -0.4 is 5.32 Å². The second-order valence-electron chi connectivity index (χ2n) is 5.41. The maximum absolute atomic E-state index is 12.2. The number of likely N-dealkylation sites (tertiary alicyclic amines) is 1. The highest BCUT2D eigenvalue weighted by atomic mass is 19.4. The van der Waals surface area contributed by atoms with Crippen LogP contribution in [0.5, 0.6) is 0 Å². The molecule has 0 saturated carbocycles. The predicted molar refractivity (Wildman–Crippen MR) is 75.8 cm³/mol. The van der Waals surface area contributed by atoms with E-state index in [1.54, 1.807) is 7.05 Å². The molecule has 1 unspecified atom stereocenters. The lowest BCUT2D eigenvalue weighted by Crippen LogP contribution is -2.41. The van der Waals surface area contributed by atoms with Crippen molar-refractivity contribution in [1.82, 2.24) is 10.2 Å². The molecule has 20 heavy (non-hydrogen) atoms. The minimum absolute atomic E-state index is 0.109. The van der Waals surface area contributed by atoms with Crippen LogP contribution >= 0.6 is 0 Å². The van der Waals surface area contributed by atoms with Crippen molar-refractivity contribution < 1.29 is 13.2 Å². The maximum Gasteiger partial charge on any atom is 0.390 e. The van der Waals surface area contributed by atoms with Crippen LogP contribution in [0, 0.1) is 11.8 Å². The predicted octanol–water partition coefficient (Wildman–Crippen LogP) is 3.27. The number of hydrogen-bond donors (Lipinski definition) is 1. The molecule has 0 aliphatic carbocycles. The highest BCUT2D eigenvalue weighted by Crippen LogP contribution is 2.28. The third kappa shape index (κ3) is 5.21. The molecule has 1 rings (SSSR count). The Morgan fingerprint density at radius 2 is 2.00 bits per heavy atom. The smallest absolute Gasteiger partial charge is 0.356 e. The van der Waals surface area contributed by atoms with Gasteiger partial charge in [-0.05, 0) is 18.3 Å². The first-order valence-corrected chi connectivity index (χ1v) is 7.43. The van der Waals surface area contributed by atoms with Crippen LogP contribution in [0.3, 0.4) is 0 Å². The Morgan fingerprint density at radius 1 is 1.35 bits per heavy atom. The standard InChI is InChI=1S/C14H26F3N3/c1-4-11(5-2)12-6-9-20(10-12)13(18-3)19-8-7-14(15,16)17/h11-12H,4-10H2,1-3H3,(H,18,19). The summed E-state index contributed by atoms with van der Waals surface area (Å²) in [5.74, 6) is 1.93. The van der Waals surface area contributed by atoms with Crippen LogP contribution in [-0.4, -0.2) is 43.7 Å². The van der Waals surface area contributed by atoms with Crippen molar-refractivity contribution in [2.45, 2.75) is 45.7 Å². The van der Waals surface area contributed by atoms with E-state index in [2.05, 4.69) is 29.1 Å². The summed E-state index contributed by atoms with van der Waals surface area (Å²) >= 11 is 0. The lowest BCUT2D eigenvalue weighted by molar-refractivity contribution is -0.132. The molecule has 1 atom stereocenters. The molecule has 1 saturated heterocycles. The lowest BCUT2D eigenvalue weighted by Gasteiger charge is -2.24. The number of hydrogen-bond acceptors (Lipinski definition) is 1. The Balaban J connectivity index is 2.44. The monoisotopic (exact) mass is 293 g/mol. The van der Waals surface area contributed by atoms with Crippen molar-refractivity contribution in [3.05, 3.63) is 0 Å². The molecular weight excluding hydrogens is 267 g/mol. The molecule has 0 aromatic carbocycles. The van der Waals surface area contributed by atoms with E-state index in [0.717, 1.165) is 32.4 Å². The first-order valence-electron chi connectivity index (χ1n) is 7.43. The van der Waals surface area contributed by atoms with Gasteiger partial charge in [-0.15, -0.1) is 0 Å². The van der Waals surface area contributed by atoms with Crippen LogP contribution in [0.15, 0.2) is 4.99 Å². The molecule has 118 valence electrons. The van der Waals surface area contributed by atoms with Crippen molar-refractivity contribution in [2.24, 2.45) is 16.8 Å². The van der Waals surface area contributed by atoms with E-state index < -0.39 is 12.6 Å². The number of rotatable bonds is 5. The molecule has 1 fully saturated rings. The van der Waals surface area contributed by atoms with Crippen molar-refractivity contribution in [1.29, 1.82) is 0 Å². The van der Waals surface area contributed by atoms with Crippen molar-refractivity contribution in [3.63, 3.8) is 0 Å². The highest BCUT2D eigenvalue weighted by Gasteiger charge is 2.30. The average Bonchev–Trinajstić information content (AvgIpc) is 2.84. The second kappa shape index (κ2) is 7.74. The first kappa shape index (κ1) is 17.1. The van der Waals surface area contributed by atoms with E-state index in [1.165, 1.54) is 0 Å². The fourth-order valence-corrected chi connectivity index (χ4v) is 2.97. The molecule has 0 spiro atoms. The summed E-state index contributed by atoms with van der Waals surface area (Å²) in [6.07, 6.45) is -1.51. The van der Waals surface area contributed by atoms with Crippen molar-refractivity contribution >= 4 is 5.96 Å². The van der Waals surface area contributed by atoms with E-state index >= 15 is 0 Å². The largest absolute Gasteiger partial charge is 0.390 e. The summed E-state index contributed by atoms with van der Waals surface area (Å²) in [4.78, 5) is 6.18. The molecule has 1 aliphatic rings. The summed E-state index contributed by atoms with van der Waals surface area (Å²) in [5, 5.41) is 2.82. The fraction of sp³-hybridized carbons (Fsp3) is 0.929. The van der Waals surface area contributed by atoms with Crippen molar-refractivity contribution in [3.8, 4) is 0 Å². The molecule has 3 nitrogen and oxygen atoms in total. The Labute approximate surface area is 119 Å². The molecule has 1 heterocycles. The Bertz CT molecular complexity index is 311. The number of nitrogens with one attached hydrogen (secondary N) is 1. The van der Waals surface area contributed by atoms with Gasteiger partial charge in [0, 0.05) is 26.7 Å². The van der Waals surface area contributed by atoms with Gasteiger partial charge in [-0.2, -0.15) is 13.2 Å². The van der Waals surface area contributed by atoms with Crippen molar-refractivity contribution in [2.75, 3.05) is 26.7 Å². The van der Waals surface area contributed by atoms with E-state index in [4.69, 9.17) is 0 Å². The zero-order chi connectivity index (χ0) is 15.2. The normalized spacial score (nSPS) is 20.9. The highest BCUT2D eigenvalue weighted by molar-refractivity contribution is 5.80. The molecular formula is C14H26F3N3. The summed E-state index contributed by atoms with van der Waals surface area (Å²) in [6.45, 7) is 6.08. The molecule has 0 amide bonds. The van der Waals surface area contributed by atoms with Crippen LogP contribution in [0.25, 0.3) is 0 Å². The van der Waals surface area contributed by atoms with E-state index in [9.17, 15) is 13.2 Å². The number of aliphatic imine (C=N–C) groups is 1. The SMILES string of the molecule is CCC(CC)C1CCN(C(=NC)NCCC(F)(F)F)C1. The Hall–Kier alpha value is -0.940. The molecule has 0 aromatic heterocycles. The zero-order valence-electron chi connectivity index (χ0n) is 12.6. The van der Waals surface area contributed by atoms with Gasteiger partial charge in [-0.3, -0.25) is 4.99 Å². The van der Waals surface area contributed by atoms with Gasteiger partial charge in [0.05, 0.1) is 6.42 Å². The molecule has 0 aromatic rings. The third-order valence-corrected chi connectivity index (χ3v) is 4.14. The molecule has 6 heteroatoms. The number of alkyl halides is 3. The summed E-state index contributed by atoms with van der Waals surface area (Å²) in [5.41, 5.74) is 0. The van der Waals surface area contributed by atoms with Gasteiger partial charge >= 0.3 is 6.18 Å². The minimum atomic E-state index is -4.12. The van der Waals surface area contributed by atoms with E-state index in [1.807, 2.05) is 0 Å². The van der Waals surface area contributed by atoms with Crippen LogP contribution in [0.1, 0.15) is 39.5 Å². The third-order valence-electron chi connectivity index (χ3n) is 4.14. The fourth-order valence-electron chi connectivity index (χ4n) is 2.97. The zero-order valence-corrected chi connectivity index (χ0v) is 12.6. The van der Waals surface area contributed by atoms with Gasteiger partial charge in [0.15, 0.2) is 5.96 Å². The minimum Gasteiger partial charge on any atom is -0.356 e. The molecule has 1 N–H and O–H groups in total. The van der Waals surface area contributed by atoms with Gasteiger partial charge in [0.1, 0.15) is 0 Å². The van der Waals surface area contributed by atoms with Crippen LogP contribution in [-0.2, 0) is 0 Å². The molecule has 1 aliphatic heterocycles. The van der Waals surface area contributed by atoms with E-state index in [0.29, 0.717) is 17.8 Å². The van der Waals surface area contributed by atoms with Crippen LogP contribution in [0.2, 0.25) is 0 Å². The first-order chi connectivity index (χ1) is 9.41. The molecule has 0 bridgehead atoms. The summed E-state index contributed by atoms with van der Waals surface area (Å²) in [7, 11) is 1.63. The summed E-state index contributed by atoms with van der Waals surface area (Å²) < 4.78 is 36.5. The maximum atomic E-state index is 12.2. The molecule has 0 radical (unpaired) electrons. The topological polar surface area (TPSA) is 27.6 Å². The average molecular weight is 293 g/mol.